The van der Waals surface area contributed by atoms with Crippen molar-refractivity contribution in [2.24, 2.45) is 5.92 Å². The van der Waals surface area contributed by atoms with E-state index in [2.05, 4.69) is 5.32 Å². The van der Waals surface area contributed by atoms with Gasteiger partial charge in [0.05, 0.1) is 12.7 Å². The average molecular weight is 277 g/mol. The zero-order chi connectivity index (χ0) is 13.9. The molecule has 1 N–H and O–H groups in total. The zero-order valence-corrected chi connectivity index (χ0v) is 11.5. The van der Waals surface area contributed by atoms with Gasteiger partial charge in [0.1, 0.15) is 18.8 Å². The van der Waals surface area contributed by atoms with Crippen LogP contribution in [0.4, 0.5) is 4.79 Å². The molecule has 2 aliphatic rings. The molecule has 5 heteroatoms. The van der Waals surface area contributed by atoms with Crippen molar-refractivity contribution in [1.82, 2.24) is 5.32 Å². The van der Waals surface area contributed by atoms with Crippen LogP contribution in [0.15, 0.2) is 30.3 Å². The maximum absolute atomic E-state index is 11.6. The van der Waals surface area contributed by atoms with Gasteiger partial charge in [-0.05, 0) is 5.56 Å². The third-order valence-electron chi connectivity index (χ3n) is 3.74. The SMILES string of the molecule is C[C@H](CNC(=O)OCc1ccccc1)[C@H]1OC[C@@H]2O[C@H]12. The molecule has 0 spiro atoms. The van der Waals surface area contributed by atoms with Crippen LogP contribution in [0, 0.1) is 5.92 Å². The third kappa shape index (κ3) is 3.11. The first-order chi connectivity index (χ1) is 9.74. The summed E-state index contributed by atoms with van der Waals surface area (Å²) < 4.78 is 16.2. The summed E-state index contributed by atoms with van der Waals surface area (Å²) in [4.78, 5) is 11.6. The van der Waals surface area contributed by atoms with Crippen molar-refractivity contribution in [2.45, 2.75) is 31.8 Å². The highest BCUT2D eigenvalue weighted by Gasteiger charge is 2.53. The number of ether oxygens (including phenoxy) is 3. The summed E-state index contributed by atoms with van der Waals surface area (Å²) in [5.41, 5.74) is 0.976. The highest BCUT2D eigenvalue weighted by Crippen LogP contribution is 2.37. The molecule has 3 rings (SSSR count). The molecule has 1 amide bonds. The second-order valence-electron chi connectivity index (χ2n) is 5.36. The molecule has 2 aliphatic heterocycles. The monoisotopic (exact) mass is 277 g/mol. The largest absolute Gasteiger partial charge is 0.445 e. The van der Waals surface area contributed by atoms with E-state index in [1.54, 1.807) is 0 Å². The Balaban J connectivity index is 1.36. The van der Waals surface area contributed by atoms with E-state index in [9.17, 15) is 4.79 Å². The van der Waals surface area contributed by atoms with Crippen molar-refractivity contribution < 1.29 is 19.0 Å². The molecule has 1 aromatic carbocycles. The summed E-state index contributed by atoms with van der Waals surface area (Å²) in [5, 5.41) is 2.77. The average Bonchev–Trinajstić information content (AvgIpc) is 3.14. The number of rotatable bonds is 5. The standard InChI is InChI=1S/C15H19NO4/c1-10(13-14-12(20-14)9-18-13)7-16-15(17)19-8-11-5-3-2-4-6-11/h2-6,10,12-14H,7-9H2,1H3,(H,16,17)/t10-,12+,13-,14+/m1/s1. The van der Waals surface area contributed by atoms with Crippen LogP contribution in [0.25, 0.3) is 0 Å². The number of fused-ring (bicyclic) bond motifs is 1. The Kier molecular flexibility index (Phi) is 3.89. The van der Waals surface area contributed by atoms with E-state index in [1.807, 2.05) is 37.3 Å². The Morgan fingerprint density at radius 1 is 1.45 bits per heavy atom. The molecule has 4 atom stereocenters. The molecule has 0 aliphatic carbocycles. The number of nitrogens with one attached hydrogen (secondary N) is 1. The molecule has 2 heterocycles. The van der Waals surface area contributed by atoms with E-state index in [1.165, 1.54) is 0 Å². The first-order valence-corrected chi connectivity index (χ1v) is 6.95. The lowest BCUT2D eigenvalue weighted by Gasteiger charge is -2.19. The van der Waals surface area contributed by atoms with Crippen LogP contribution < -0.4 is 5.32 Å². The lowest BCUT2D eigenvalue weighted by molar-refractivity contribution is -0.00120. The number of carbonyl (C=O) groups is 1. The highest BCUT2D eigenvalue weighted by molar-refractivity contribution is 5.67. The molecular weight excluding hydrogens is 258 g/mol. The molecule has 5 nitrogen and oxygen atoms in total. The summed E-state index contributed by atoms with van der Waals surface area (Å²) in [6.07, 6.45) is 0.209. The zero-order valence-electron chi connectivity index (χ0n) is 11.5. The number of epoxide rings is 1. The van der Waals surface area contributed by atoms with Crippen molar-refractivity contribution in [3.63, 3.8) is 0 Å². The topological polar surface area (TPSA) is 60.1 Å². The number of alkyl carbamates (subject to hydrolysis) is 1. The Labute approximate surface area is 118 Å². The molecule has 2 fully saturated rings. The predicted octanol–water partition coefficient (Wildman–Crippen LogP) is 1.72. The van der Waals surface area contributed by atoms with Gasteiger partial charge >= 0.3 is 6.09 Å². The maximum Gasteiger partial charge on any atom is 0.407 e. The van der Waals surface area contributed by atoms with Crippen LogP contribution in [0.2, 0.25) is 0 Å². The van der Waals surface area contributed by atoms with Crippen molar-refractivity contribution in [2.75, 3.05) is 13.2 Å². The number of amides is 1. The quantitative estimate of drug-likeness (QED) is 0.832. The van der Waals surface area contributed by atoms with E-state index in [-0.39, 0.29) is 30.8 Å². The third-order valence-corrected chi connectivity index (χ3v) is 3.74. The summed E-state index contributed by atoms with van der Waals surface area (Å²) in [6, 6.07) is 9.62. The fraction of sp³-hybridized carbons (Fsp3) is 0.533. The molecular formula is C15H19NO4. The second kappa shape index (κ2) is 5.81. The van der Waals surface area contributed by atoms with Crippen LogP contribution in [0.3, 0.4) is 0 Å². The lowest BCUT2D eigenvalue weighted by atomic mass is 10.0. The van der Waals surface area contributed by atoms with Crippen LogP contribution in [0.5, 0.6) is 0 Å². The van der Waals surface area contributed by atoms with Crippen LogP contribution in [-0.2, 0) is 20.8 Å². The van der Waals surface area contributed by atoms with Crippen LogP contribution >= 0.6 is 0 Å². The molecule has 0 bridgehead atoms. The number of hydrogen-bond donors (Lipinski definition) is 1. The summed E-state index contributed by atoms with van der Waals surface area (Å²) in [7, 11) is 0. The van der Waals surface area contributed by atoms with Gasteiger partial charge in [0.15, 0.2) is 0 Å². The number of carbonyl (C=O) groups excluding carboxylic acids is 1. The first-order valence-electron chi connectivity index (χ1n) is 6.95. The molecule has 108 valence electrons. The highest BCUT2D eigenvalue weighted by atomic mass is 16.7. The normalized spacial score (nSPS) is 28.6. The van der Waals surface area contributed by atoms with E-state index >= 15 is 0 Å². The van der Waals surface area contributed by atoms with Gasteiger partial charge < -0.3 is 19.5 Å². The van der Waals surface area contributed by atoms with E-state index in [4.69, 9.17) is 14.2 Å². The molecule has 0 saturated carbocycles. The van der Waals surface area contributed by atoms with Crippen LogP contribution in [0.1, 0.15) is 12.5 Å². The fourth-order valence-electron chi connectivity index (χ4n) is 2.50. The Morgan fingerprint density at radius 3 is 2.90 bits per heavy atom. The van der Waals surface area contributed by atoms with Crippen LogP contribution in [-0.4, -0.2) is 37.6 Å². The fourth-order valence-corrected chi connectivity index (χ4v) is 2.50. The minimum atomic E-state index is -0.396. The number of benzene rings is 1. The van der Waals surface area contributed by atoms with Gasteiger partial charge in [0.2, 0.25) is 0 Å². The van der Waals surface area contributed by atoms with Gasteiger partial charge in [0, 0.05) is 12.5 Å². The van der Waals surface area contributed by atoms with Gasteiger partial charge in [-0.2, -0.15) is 0 Å². The number of hydrogen-bond acceptors (Lipinski definition) is 4. The molecule has 2 saturated heterocycles. The van der Waals surface area contributed by atoms with Gasteiger partial charge in [-0.1, -0.05) is 37.3 Å². The summed E-state index contributed by atoms with van der Waals surface area (Å²) in [5.74, 6) is 0.219. The van der Waals surface area contributed by atoms with E-state index in [0.717, 1.165) is 5.56 Å². The summed E-state index contributed by atoms with van der Waals surface area (Å²) >= 11 is 0. The molecule has 1 aromatic rings. The first kappa shape index (κ1) is 13.4. The van der Waals surface area contributed by atoms with Crippen molar-refractivity contribution in [3.8, 4) is 0 Å². The van der Waals surface area contributed by atoms with Crippen molar-refractivity contribution in [1.29, 1.82) is 0 Å². The van der Waals surface area contributed by atoms with Gasteiger partial charge in [-0.3, -0.25) is 0 Å². The molecule has 20 heavy (non-hydrogen) atoms. The van der Waals surface area contributed by atoms with E-state index < -0.39 is 6.09 Å². The van der Waals surface area contributed by atoms with Gasteiger partial charge in [0.25, 0.3) is 0 Å². The molecule has 0 radical (unpaired) electrons. The Hall–Kier alpha value is -1.59. The maximum atomic E-state index is 11.6. The smallest absolute Gasteiger partial charge is 0.407 e. The Bertz CT molecular complexity index is 464. The van der Waals surface area contributed by atoms with E-state index in [0.29, 0.717) is 13.2 Å². The minimum absolute atomic E-state index is 0.0921. The van der Waals surface area contributed by atoms with Gasteiger partial charge in [-0.15, -0.1) is 0 Å². The van der Waals surface area contributed by atoms with Crippen molar-refractivity contribution >= 4 is 6.09 Å². The second-order valence-corrected chi connectivity index (χ2v) is 5.36. The van der Waals surface area contributed by atoms with Crippen molar-refractivity contribution in [3.05, 3.63) is 35.9 Å². The minimum Gasteiger partial charge on any atom is -0.445 e. The Morgan fingerprint density at radius 2 is 2.25 bits per heavy atom. The molecule has 0 unspecified atom stereocenters. The summed E-state index contributed by atoms with van der Waals surface area (Å²) in [6.45, 7) is 3.55. The lowest BCUT2D eigenvalue weighted by Crippen LogP contribution is -2.36. The van der Waals surface area contributed by atoms with Gasteiger partial charge in [-0.25, -0.2) is 4.79 Å². The molecule has 0 aromatic heterocycles. The predicted molar refractivity (Wildman–Crippen MR) is 72.2 cm³/mol.